The predicted octanol–water partition coefficient (Wildman–Crippen LogP) is 4.52. The van der Waals surface area contributed by atoms with Gasteiger partial charge in [0.2, 0.25) is 5.91 Å². The largest absolute Gasteiger partial charge is 0.348 e. The second-order valence-corrected chi connectivity index (χ2v) is 6.25. The number of halogens is 2. The standard InChI is InChI=1S/C18H20Cl2N2O/c1-12(14-7-3-5-9-16(14)19)21-11-18(23)22-13(2)15-8-4-6-10-17(15)20/h3-10,12-13,21H,11H2,1-2H3,(H,22,23)/t12-,13-/m1/s1. The lowest BCUT2D eigenvalue weighted by molar-refractivity contribution is -0.121. The van der Waals surface area contributed by atoms with Crippen LogP contribution >= 0.6 is 23.2 Å². The maximum atomic E-state index is 12.1. The van der Waals surface area contributed by atoms with Crippen molar-refractivity contribution in [2.75, 3.05) is 6.54 Å². The molecule has 0 saturated carbocycles. The van der Waals surface area contributed by atoms with Crippen LogP contribution in [0.25, 0.3) is 0 Å². The van der Waals surface area contributed by atoms with E-state index in [1.54, 1.807) is 0 Å². The Morgan fingerprint density at radius 1 is 0.913 bits per heavy atom. The third kappa shape index (κ3) is 4.96. The Morgan fingerprint density at radius 3 is 1.91 bits per heavy atom. The quantitative estimate of drug-likeness (QED) is 0.803. The number of rotatable bonds is 6. The molecule has 2 rings (SSSR count). The van der Waals surface area contributed by atoms with Crippen molar-refractivity contribution in [1.82, 2.24) is 10.6 Å². The summed E-state index contributed by atoms with van der Waals surface area (Å²) < 4.78 is 0. The molecular formula is C18H20Cl2N2O. The zero-order valence-corrected chi connectivity index (χ0v) is 14.7. The molecule has 2 aromatic carbocycles. The second kappa shape index (κ2) is 8.34. The highest BCUT2D eigenvalue weighted by atomic mass is 35.5. The number of carbonyl (C=O) groups is 1. The fourth-order valence-corrected chi connectivity index (χ4v) is 2.98. The predicted molar refractivity (Wildman–Crippen MR) is 95.9 cm³/mol. The van der Waals surface area contributed by atoms with Gasteiger partial charge in [0.25, 0.3) is 0 Å². The minimum atomic E-state index is -0.145. The molecule has 2 N–H and O–H groups in total. The third-order valence-electron chi connectivity index (χ3n) is 3.69. The summed E-state index contributed by atoms with van der Waals surface area (Å²) in [7, 11) is 0. The Bertz CT molecular complexity index is 676. The fourth-order valence-electron chi connectivity index (χ4n) is 2.38. The van der Waals surface area contributed by atoms with Crippen LogP contribution in [-0.2, 0) is 4.79 Å². The molecule has 5 heteroatoms. The highest BCUT2D eigenvalue weighted by Crippen LogP contribution is 2.23. The van der Waals surface area contributed by atoms with Crippen LogP contribution < -0.4 is 10.6 Å². The first-order chi connectivity index (χ1) is 11.0. The Balaban J connectivity index is 1.88. The molecule has 2 atom stereocenters. The van der Waals surface area contributed by atoms with Crippen molar-refractivity contribution in [2.45, 2.75) is 25.9 Å². The van der Waals surface area contributed by atoms with Crippen molar-refractivity contribution in [2.24, 2.45) is 0 Å². The van der Waals surface area contributed by atoms with E-state index in [1.807, 2.05) is 62.4 Å². The minimum Gasteiger partial charge on any atom is -0.348 e. The molecule has 3 nitrogen and oxygen atoms in total. The molecule has 2 aromatic rings. The smallest absolute Gasteiger partial charge is 0.234 e. The van der Waals surface area contributed by atoms with Crippen LogP contribution in [0.15, 0.2) is 48.5 Å². The summed E-state index contributed by atoms with van der Waals surface area (Å²) in [5.74, 6) is -0.0867. The normalized spacial score (nSPS) is 13.4. The van der Waals surface area contributed by atoms with Crippen LogP contribution in [-0.4, -0.2) is 12.5 Å². The summed E-state index contributed by atoms with van der Waals surface area (Å²) in [5.41, 5.74) is 1.88. The van der Waals surface area contributed by atoms with Gasteiger partial charge in [0.1, 0.15) is 0 Å². The van der Waals surface area contributed by atoms with Crippen molar-refractivity contribution >= 4 is 29.1 Å². The van der Waals surface area contributed by atoms with E-state index in [4.69, 9.17) is 23.2 Å². The minimum absolute atomic E-state index is 0.00920. The Labute approximate surface area is 147 Å². The third-order valence-corrected chi connectivity index (χ3v) is 4.38. The van der Waals surface area contributed by atoms with Crippen molar-refractivity contribution in [1.29, 1.82) is 0 Å². The van der Waals surface area contributed by atoms with Gasteiger partial charge in [-0.15, -0.1) is 0 Å². The summed E-state index contributed by atoms with van der Waals surface area (Å²) >= 11 is 12.3. The van der Waals surface area contributed by atoms with Crippen LogP contribution in [0, 0.1) is 0 Å². The van der Waals surface area contributed by atoms with E-state index in [0.29, 0.717) is 10.0 Å². The van der Waals surface area contributed by atoms with Gasteiger partial charge in [0.05, 0.1) is 12.6 Å². The zero-order valence-electron chi connectivity index (χ0n) is 13.1. The lowest BCUT2D eigenvalue weighted by Crippen LogP contribution is -2.36. The van der Waals surface area contributed by atoms with Gasteiger partial charge in [-0.25, -0.2) is 0 Å². The molecule has 0 radical (unpaired) electrons. The van der Waals surface area contributed by atoms with E-state index in [0.717, 1.165) is 11.1 Å². The SMILES string of the molecule is C[C@@H](NCC(=O)N[C@H](C)c1ccccc1Cl)c1ccccc1Cl. The Morgan fingerprint density at radius 2 is 1.39 bits per heavy atom. The first-order valence-corrected chi connectivity index (χ1v) is 8.26. The number of amides is 1. The summed E-state index contributed by atoms with van der Waals surface area (Å²) in [6.07, 6.45) is 0. The van der Waals surface area contributed by atoms with Gasteiger partial charge in [0, 0.05) is 16.1 Å². The van der Waals surface area contributed by atoms with Gasteiger partial charge in [-0.1, -0.05) is 59.6 Å². The molecule has 0 bridgehead atoms. The topological polar surface area (TPSA) is 41.1 Å². The second-order valence-electron chi connectivity index (χ2n) is 5.43. The van der Waals surface area contributed by atoms with E-state index in [9.17, 15) is 4.79 Å². The number of hydrogen-bond donors (Lipinski definition) is 2. The van der Waals surface area contributed by atoms with Gasteiger partial charge >= 0.3 is 0 Å². The van der Waals surface area contributed by atoms with Gasteiger partial charge in [-0.3, -0.25) is 4.79 Å². The monoisotopic (exact) mass is 350 g/mol. The summed E-state index contributed by atoms with van der Waals surface area (Å²) in [4.78, 5) is 12.1. The van der Waals surface area contributed by atoms with Crippen molar-refractivity contribution in [3.8, 4) is 0 Å². The number of carbonyl (C=O) groups excluding carboxylic acids is 1. The first-order valence-electron chi connectivity index (χ1n) is 7.50. The molecule has 122 valence electrons. The van der Waals surface area contributed by atoms with Crippen molar-refractivity contribution in [3.63, 3.8) is 0 Å². The Hall–Kier alpha value is -1.55. The molecule has 0 spiro atoms. The molecule has 0 heterocycles. The molecule has 23 heavy (non-hydrogen) atoms. The first kappa shape index (κ1) is 17.8. The maximum Gasteiger partial charge on any atom is 0.234 e. The van der Waals surface area contributed by atoms with E-state index in [2.05, 4.69) is 10.6 Å². The van der Waals surface area contributed by atoms with Crippen molar-refractivity contribution < 1.29 is 4.79 Å². The van der Waals surface area contributed by atoms with Crippen LogP contribution in [0.3, 0.4) is 0 Å². The number of benzene rings is 2. The van der Waals surface area contributed by atoms with E-state index >= 15 is 0 Å². The van der Waals surface area contributed by atoms with Gasteiger partial charge in [0.15, 0.2) is 0 Å². The number of nitrogens with one attached hydrogen (secondary N) is 2. The summed E-state index contributed by atoms with van der Waals surface area (Å²) in [6.45, 7) is 4.10. The van der Waals surface area contributed by atoms with Crippen LogP contribution in [0.4, 0.5) is 0 Å². The van der Waals surface area contributed by atoms with Gasteiger partial charge in [-0.2, -0.15) is 0 Å². The van der Waals surface area contributed by atoms with Crippen molar-refractivity contribution in [3.05, 3.63) is 69.7 Å². The molecule has 0 fully saturated rings. The Kier molecular flexibility index (Phi) is 6.46. The molecular weight excluding hydrogens is 331 g/mol. The van der Waals surface area contributed by atoms with Crippen LogP contribution in [0.5, 0.6) is 0 Å². The van der Waals surface area contributed by atoms with Gasteiger partial charge in [-0.05, 0) is 37.1 Å². The van der Waals surface area contributed by atoms with E-state index in [1.165, 1.54) is 0 Å². The summed E-state index contributed by atoms with van der Waals surface area (Å²) in [6, 6.07) is 15.0. The average Bonchev–Trinajstić information content (AvgIpc) is 2.53. The molecule has 0 aliphatic carbocycles. The molecule has 0 aliphatic rings. The lowest BCUT2D eigenvalue weighted by atomic mass is 10.1. The van der Waals surface area contributed by atoms with E-state index < -0.39 is 0 Å². The van der Waals surface area contributed by atoms with Crippen LogP contribution in [0.2, 0.25) is 10.0 Å². The number of hydrogen-bond acceptors (Lipinski definition) is 2. The highest BCUT2D eigenvalue weighted by Gasteiger charge is 2.14. The highest BCUT2D eigenvalue weighted by molar-refractivity contribution is 6.31. The summed E-state index contributed by atoms with van der Waals surface area (Å²) in [5, 5.41) is 7.46. The lowest BCUT2D eigenvalue weighted by Gasteiger charge is -2.18. The molecule has 1 amide bonds. The molecule has 0 aliphatic heterocycles. The fraction of sp³-hybridized carbons (Fsp3) is 0.278. The van der Waals surface area contributed by atoms with E-state index in [-0.39, 0.29) is 24.5 Å². The molecule has 0 saturated heterocycles. The molecule has 0 unspecified atom stereocenters. The van der Waals surface area contributed by atoms with Crippen LogP contribution in [0.1, 0.15) is 37.1 Å². The molecule has 0 aromatic heterocycles. The maximum absolute atomic E-state index is 12.1. The van der Waals surface area contributed by atoms with Gasteiger partial charge < -0.3 is 10.6 Å². The average molecular weight is 351 g/mol. The zero-order chi connectivity index (χ0) is 16.8.